The highest BCUT2D eigenvalue weighted by Crippen LogP contribution is 2.26. The predicted octanol–water partition coefficient (Wildman–Crippen LogP) is 3.32. The van der Waals surface area contributed by atoms with E-state index in [9.17, 15) is 4.79 Å². The molecule has 1 aliphatic rings. The number of hydrogen-bond acceptors (Lipinski definition) is 6. The highest BCUT2D eigenvalue weighted by Gasteiger charge is 2.22. The van der Waals surface area contributed by atoms with E-state index in [-0.39, 0.29) is 11.5 Å². The molecule has 9 heteroatoms. The van der Waals surface area contributed by atoms with Crippen molar-refractivity contribution in [2.75, 3.05) is 31.3 Å². The van der Waals surface area contributed by atoms with Gasteiger partial charge in [-0.05, 0) is 25.1 Å². The van der Waals surface area contributed by atoms with Gasteiger partial charge in [0.25, 0.3) is 0 Å². The number of rotatable bonds is 7. The molecule has 1 atom stereocenters. The Morgan fingerprint density at radius 3 is 2.90 bits per heavy atom. The largest absolute Gasteiger partial charge is 0.377 e. The Labute approximate surface area is 183 Å². The summed E-state index contributed by atoms with van der Waals surface area (Å²) in [5, 5.41) is 5.04. The first-order chi connectivity index (χ1) is 14.8. The molecule has 0 unspecified atom stereocenters. The van der Waals surface area contributed by atoms with E-state index in [1.807, 2.05) is 6.07 Å². The summed E-state index contributed by atoms with van der Waals surface area (Å²) in [6, 6.07) is 6.63. The second-order valence-electron chi connectivity index (χ2n) is 9.28. The fourth-order valence-corrected chi connectivity index (χ4v) is 4.52. The summed E-state index contributed by atoms with van der Waals surface area (Å²) in [6.07, 6.45) is 3.41. The molecule has 1 saturated heterocycles. The Morgan fingerprint density at radius 2 is 2.13 bits per heavy atom. The second kappa shape index (κ2) is 8.94. The number of ether oxygens (including phenoxy) is 2. The van der Waals surface area contributed by atoms with Gasteiger partial charge in [-0.3, -0.25) is 9.78 Å². The number of H-pyrrole nitrogens is 1. The Morgan fingerprint density at radius 1 is 1.29 bits per heavy atom. The van der Waals surface area contributed by atoms with Crippen molar-refractivity contribution in [3.63, 3.8) is 0 Å². The number of pyridine rings is 2. The lowest BCUT2D eigenvalue weighted by Crippen LogP contribution is -2.44. The molecule has 8 nitrogen and oxygen atoms in total. The van der Waals surface area contributed by atoms with Gasteiger partial charge in [0.15, 0.2) is 5.43 Å². The van der Waals surface area contributed by atoms with Gasteiger partial charge >= 0.3 is 0 Å². The summed E-state index contributed by atoms with van der Waals surface area (Å²) in [6.45, 7) is 12.2. The number of aromatic nitrogens is 4. The van der Waals surface area contributed by atoms with Gasteiger partial charge in [0.1, 0.15) is 18.2 Å². The van der Waals surface area contributed by atoms with E-state index in [0.717, 1.165) is 24.1 Å². The lowest BCUT2D eigenvalue weighted by molar-refractivity contribution is 0.0797. The lowest BCUT2D eigenvalue weighted by atomic mass is 10.1. The van der Waals surface area contributed by atoms with E-state index in [1.54, 1.807) is 29.2 Å². The first kappa shape index (κ1) is 21.7. The minimum Gasteiger partial charge on any atom is -0.377 e. The van der Waals surface area contributed by atoms with Crippen LogP contribution in [0.15, 0.2) is 35.4 Å². The molecule has 1 aliphatic heterocycles. The van der Waals surface area contributed by atoms with E-state index in [4.69, 9.17) is 9.47 Å². The topological polar surface area (TPSA) is 85.3 Å². The summed E-state index contributed by atoms with van der Waals surface area (Å²) < 4.78 is 13.2. The highest BCUT2D eigenvalue weighted by atomic mass is 28.3. The van der Waals surface area contributed by atoms with Crippen molar-refractivity contribution in [2.45, 2.75) is 45.4 Å². The lowest BCUT2D eigenvalue weighted by Gasteiger charge is -2.34. The van der Waals surface area contributed by atoms with Gasteiger partial charge in [-0.15, -0.1) is 0 Å². The Hall–Kier alpha value is -2.49. The van der Waals surface area contributed by atoms with Crippen LogP contribution in [0.1, 0.15) is 6.92 Å². The zero-order chi connectivity index (χ0) is 22.0. The zero-order valence-corrected chi connectivity index (χ0v) is 19.7. The van der Waals surface area contributed by atoms with Crippen LogP contribution in [-0.4, -0.2) is 60.2 Å². The predicted molar refractivity (Wildman–Crippen MR) is 125 cm³/mol. The number of nitrogens with one attached hydrogen (secondary N) is 1. The summed E-state index contributed by atoms with van der Waals surface area (Å²) in [7, 11) is -1.15. The molecule has 31 heavy (non-hydrogen) atoms. The highest BCUT2D eigenvalue weighted by molar-refractivity contribution is 6.76. The maximum Gasteiger partial charge on any atom is 0.191 e. The first-order valence-electron chi connectivity index (χ1n) is 10.8. The molecule has 4 rings (SSSR count). The van der Waals surface area contributed by atoms with E-state index in [0.29, 0.717) is 43.1 Å². The molecule has 0 saturated carbocycles. The summed E-state index contributed by atoms with van der Waals surface area (Å²) >= 11 is 0. The van der Waals surface area contributed by atoms with Gasteiger partial charge in [-0.1, -0.05) is 19.6 Å². The molecule has 3 aromatic rings. The maximum atomic E-state index is 12.9. The SMILES string of the molecule is C[C@@H]1COCCN1c1cc(=O)c2ccnc(-c3ccnn3COCC[Si](C)(C)C)c2[nH]1. The molecule has 4 heterocycles. The summed E-state index contributed by atoms with van der Waals surface area (Å²) in [5.41, 5.74) is 2.21. The van der Waals surface area contributed by atoms with E-state index < -0.39 is 8.07 Å². The minimum atomic E-state index is -1.15. The number of aromatic amines is 1. The van der Waals surface area contributed by atoms with Crippen LogP contribution < -0.4 is 10.3 Å². The van der Waals surface area contributed by atoms with Gasteiger partial charge in [0, 0.05) is 45.1 Å². The van der Waals surface area contributed by atoms with Gasteiger partial charge in [-0.25, -0.2) is 4.68 Å². The Kier molecular flexibility index (Phi) is 6.26. The standard InChI is InChI=1S/C22H31N5O3Si/c1-16-14-29-10-9-26(16)20-13-19(28)17-5-7-23-22(21(17)25-20)18-6-8-24-27(18)15-30-11-12-31(2,3)4/h5-8,13,16H,9-12,14-15H2,1-4H3,(H,25,28)/t16-/m1/s1. The third-order valence-electron chi connectivity index (χ3n) is 5.58. The molecule has 166 valence electrons. The third kappa shape index (κ3) is 4.89. The van der Waals surface area contributed by atoms with Crippen LogP contribution in [0.5, 0.6) is 0 Å². The van der Waals surface area contributed by atoms with Crippen molar-refractivity contribution in [3.8, 4) is 11.4 Å². The second-order valence-corrected chi connectivity index (χ2v) is 14.9. The normalized spacial score (nSPS) is 17.4. The summed E-state index contributed by atoms with van der Waals surface area (Å²) in [5.74, 6) is 0.792. The van der Waals surface area contributed by atoms with Crippen LogP contribution in [0.25, 0.3) is 22.3 Å². The average molecular weight is 442 g/mol. The fourth-order valence-electron chi connectivity index (χ4n) is 3.76. The van der Waals surface area contributed by atoms with Crippen LogP contribution in [0.4, 0.5) is 5.82 Å². The molecule has 1 fully saturated rings. The van der Waals surface area contributed by atoms with Gasteiger partial charge in [0.2, 0.25) is 0 Å². The molecular formula is C22H31N5O3Si. The molecule has 0 aliphatic carbocycles. The van der Waals surface area contributed by atoms with E-state index in [1.165, 1.54) is 0 Å². The number of anilines is 1. The van der Waals surface area contributed by atoms with Gasteiger partial charge < -0.3 is 19.4 Å². The van der Waals surface area contributed by atoms with Crippen LogP contribution in [0, 0.1) is 0 Å². The Bertz CT molecular complexity index is 1100. The fraction of sp³-hybridized carbons (Fsp3) is 0.500. The van der Waals surface area contributed by atoms with Crippen molar-refractivity contribution < 1.29 is 9.47 Å². The van der Waals surface area contributed by atoms with Gasteiger partial charge in [-0.2, -0.15) is 5.10 Å². The van der Waals surface area contributed by atoms with Crippen LogP contribution in [-0.2, 0) is 16.2 Å². The Balaban J connectivity index is 1.67. The number of nitrogens with zero attached hydrogens (tertiary/aromatic N) is 4. The van der Waals surface area contributed by atoms with Gasteiger partial charge in [0.05, 0.1) is 30.5 Å². The summed E-state index contributed by atoms with van der Waals surface area (Å²) in [4.78, 5) is 23.2. The first-order valence-corrected chi connectivity index (χ1v) is 14.5. The van der Waals surface area contributed by atoms with Crippen LogP contribution >= 0.6 is 0 Å². The van der Waals surface area contributed by atoms with Crippen molar-refractivity contribution in [2.24, 2.45) is 0 Å². The number of hydrogen-bond donors (Lipinski definition) is 1. The van der Waals surface area contributed by atoms with Crippen molar-refractivity contribution >= 4 is 24.8 Å². The minimum absolute atomic E-state index is 0.0245. The molecular weight excluding hydrogens is 410 g/mol. The van der Waals surface area contributed by atoms with E-state index in [2.05, 4.69) is 46.5 Å². The smallest absolute Gasteiger partial charge is 0.191 e. The molecule has 0 spiro atoms. The van der Waals surface area contributed by atoms with Crippen LogP contribution in [0.2, 0.25) is 25.7 Å². The molecule has 0 aromatic carbocycles. The molecule has 1 N–H and O–H groups in total. The maximum absolute atomic E-state index is 12.9. The van der Waals surface area contributed by atoms with Crippen molar-refractivity contribution in [3.05, 3.63) is 40.8 Å². The van der Waals surface area contributed by atoms with Crippen molar-refractivity contribution in [1.82, 2.24) is 19.7 Å². The van der Waals surface area contributed by atoms with Crippen LogP contribution in [0.3, 0.4) is 0 Å². The molecule has 0 radical (unpaired) electrons. The number of morpholine rings is 1. The number of fused-ring (bicyclic) bond motifs is 1. The molecule has 0 bridgehead atoms. The van der Waals surface area contributed by atoms with Crippen molar-refractivity contribution in [1.29, 1.82) is 0 Å². The van der Waals surface area contributed by atoms with E-state index >= 15 is 0 Å². The average Bonchev–Trinajstić information content (AvgIpc) is 3.19. The molecule has 0 amide bonds. The third-order valence-corrected chi connectivity index (χ3v) is 7.29. The monoisotopic (exact) mass is 441 g/mol. The zero-order valence-electron chi connectivity index (χ0n) is 18.7. The quantitative estimate of drug-likeness (QED) is 0.447. The molecule has 3 aromatic heterocycles.